The molecule has 0 aromatic carbocycles. The molecule has 38 valence electrons. The summed E-state index contributed by atoms with van der Waals surface area (Å²) in [6, 6.07) is 0. The van der Waals surface area contributed by atoms with Crippen molar-refractivity contribution in [3.63, 3.8) is 0 Å². The highest BCUT2D eigenvalue weighted by atomic mass is 15.1. The van der Waals surface area contributed by atoms with Gasteiger partial charge in [-0.15, -0.1) is 0 Å². The molecule has 1 heterocycles. The second-order valence-electron chi connectivity index (χ2n) is 3.28. The second-order valence-corrected chi connectivity index (χ2v) is 3.28. The maximum absolute atomic E-state index is 3.40. The summed E-state index contributed by atoms with van der Waals surface area (Å²) in [5, 5.41) is 3.40. The Morgan fingerprint density at radius 3 is 2.71 bits per heavy atom. The number of hydrogen-bond donors (Lipinski definition) is 1. The molecule has 1 spiro atoms. The van der Waals surface area contributed by atoms with Crippen LogP contribution in [0.2, 0.25) is 0 Å². The van der Waals surface area contributed by atoms with Gasteiger partial charge in [-0.1, -0.05) is 0 Å². The molecule has 2 saturated carbocycles. The van der Waals surface area contributed by atoms with Crippen molar-refractivity contribution in [1.82, 2.24) is 5.32 Å². The molecule has 3 fully saturated rings. The van der Waals surface area contributed by atoms with E-state index in [1.165, 1.54) is 19.0 Å². The first-order valence-corrected chi connectivity index (χ1v) is 3.14. The van der Waals surface area contributed by atoms with Crippen molar-refractivity contribution in [2.24, 2.45) is 17.3 Å². The molecule has 3 atom stereocenters. The molecule has 2 aliphatic carbocycles. The summed E-state index contributed by atoms with van der Waals surface area (Å²) >= 11 is 0. The maximum atomic E-state index is 3.40. The smallest absolute Gasteiger partial charge is 0.00141 e. The lowest BCUT2D eigenvalue weighted by atomic mass is 10.1. The monoisotopic (exact) mass is 95.1 g/mol. The molecule has 3 aliphatic rings. The van der Waals surface area contributed by atoms with Crippen LogP contribution in [0.25, 0.3) is 0 Å². The van der Waals surface area contributed by atoms with Crippen molar-refractivity contribution in [3.05, 3.63) is 0 Å². The summed E-state index contributed by atoms with van der Waals surface area (Å²) in [4.78, 5) is 0. The summed E-state index contributed by atoms with van der Waals surface area (Å²) < 4.78 is 0. The van der Waals surface area contributed by atoms with Gasteiger partial charge in [-0.05, 0) is 30.2 Å². The Morgan fingerprint density at radius 1 is 1.43 bits per heavy atom. The molecule has 0 aromatic heterocycles. The number of piperidine rings is 1. The zero-order valence-corrected chi connectivity index (χ0v) is 4.28. The van der Waals surface area contributed by atoms with Gasteiger partial charge in [0.25, 0.3) is 0 Å². The molecule has 7 heavy (non-hydrogen) atoms. The number of rotatable bonds is 0. The van der Waals surface area contributed by atoms with Crippen LogP contribution in [0.3, 0.4) is 0 Å². The van der Waals surface area contributed by atoms with E-state index in [9.17, 15) is 0 Å². The quantitative estimate of drug-likeness (QED) is 0.454. The van der Waals surface area contributed by atoms with Gasteiger partial charge in [0.05, 0.1) is 0 Å². The summed E-state index contributed by atoms with van der Waals surface area (Å²) in [7, 11) is 0. The third kappa shape index (κ3) is 0.163. The highest BCUT2D eigenvalue weighted by Gasteiger charge is 2.79. The highest BCUT2D eigenvalue weighted by Crippen LogP contribution is 2.81. The molecule has 1 aliphatic heterocycles. The molecule has 1 saturated heterocycles. The first-order chi connectivity index (χ1) is 3.43. The van der Waals surface area contributed by atoms with Crippen molar-refractivity contribution in [3.8, 4) is 0 Å². The van der Waals surface area contributed by atoms with E-state index in [0.29, 0.717) is 0 Å². The first-order valence-electron chi connectivity index (χ1n) is 3.14. The average Bonchev–Trinajstić information content (AvgIpc) is 2.41. The summed E-state index contributed by atoms with van der Waals surface area (Å²) in [6.45, 7) is 2.69. The van der Waals surface area contributed by atoms with Gasteiger partial charge in [-0.2, -0.15) is 0 Å². The molecule has 0 aromatic rings. The SMILES string of the molecule is C1NCC23CC2C13. The van der Waals surface area contributed by atoms with E-state index in [1.54, 1.807) is 6.42 Å². The zero-order chi connectivity index (χ0) is 4.48. The molecule has 1 heteroatoms. The van der Waals surface area contributed by atoms with Crippen molar-refractivity contribution in [2.45, 2.75) is 6.42 Å². The predicted octanol–water partition coefficient (Wildman–Crippen LogP) is 0.226. The van der Waals surface area contributed by atoms with E-state index in [0.717, 1.165) is 11.3 Å². The Hall–Kier alpha value is -0.0400. The minimum absolute atomic E-state index is 0.917. The molecule has 1 nitrogen and oxygen atoms in total. The van der Waals surface area contributed by atoms with E-state index in [2.05, 4.69) is 5.32 Å². The number of nitrogens with one attached hydrogen (secondary N) is 1. The van der Waals surface area contributed by atoms with Gasteiger partial charge < -0.3 is 5.32 Å². The van der Waals surface area contributed by atoms with E-state index in [4.69, 9.17) is 0 Å². The fraction of sp³-hybridized carbons (Fsp3) is 1.00. The van der Waals surface area contributed by atoms with Crippen molar-refractivity contribution in [1.29, 1.82) is 0 Å². The Morgan fingerprint density at radius 2 is 2.43 bits per heavy atom. The van der Waals surface area contributed by atoms with Gasteiger partial charge in [0.2, 0.25) is 0 Å². The average molecular weight is 95.1 g/mol. The predicted molar refractivity (Wildman–Crippen MR) is 26.9 cm³/mol. The lowest BCUT2D eigenvalue weighted by Crippen LogP contribution is -2.10. The molecular weight excluding hydrogens is 86.1 g/mol. The molecule has 0 bridgehead atoms. The van der Waals surface area contributed by atoms with Gasteiger partial charge in [0.1, 0.15) is 0 Å². The highest BCUT2D eigenvalue weighted by molar-refractivity contribution is 5.29. The summed E-state index contributed by atoms with van der Waals surface area (Å²) in [5.41, 5.74) is 0.917. The molecule has 1 N–H and O–H groups in total. The van der Waals surface area contributed by atoms with E-state index < -0.39 is 0 Å². The van der Waals surface area contributed by atoms with Crippen LogP contribution in [0, 0.1) is 17.3 Å². The van der Waals surface area contributed by atoms with Crippen LogP contribution in [0.5, 0.6) is 0 Å². The van der Waals surface area contributed by atoms with E-state index >= 15 is 0 Å². The summed E-state index contributed by atoms with van der Waals surface area (Å²) in [5.74, 6) is 2.35. The van der Waals surface area contributed by atoms with Crippen LogP contribution < -0.4 is 5.32 Å². The summed E-state index contributed by atoms with van der Waals surface area (Å²) in [6.07, 6.45) is 1.56. The van der Waals surface area contributed by atoms with Crippen LogP contribution in [0.1, 0.15) is 6.42 Å². The van der Waals surface area contributed by atoms with Gasteiger partial charge in [0, 0.05) is 6.54 Å². The number of hydrogen-bond acceptors (Lipinski definition) is 1. The van der Waals surface area contributed by atoms with Gasteiger partial charge in [-0.3, -0.25) is 0 Å². The zero-order valence-electron chi connectivity index (χ0n) is 4.28. The fourth-order valence-corrected chi connectivity index (χ4v) is 2.29. The van der Waals surface area contributed by atoms with Crippen molar-refractivity contribution < 1.29 is 0 Å². The lowest BCUT2D eigenvalue weighted by Gasteiger charge is -1.91. The minimum atomic E-state index is 0.917. The Bertz CT molecular complexity index is 132. The molecule has 3 rings (SSSR count). The molecule has 0 radical (unpaired) electrons. The van der Waals surface area contributed by atoms with E-state index in [-0.39, 0.29) is 0 Å². The Kier molecular flexibility index (Phi) is 0.253. The van der Waals surface area contributed by atoms with E-state index in [1.807, 2.05) is 0 Å². The largest absolute Gasteiger partial charge is 0.316 e. The van der Waals surface area contributed by atoms with Crippen molar-refractivity contribution >= 4 is 0 Å². The van der Waals surface area contributed by atoms with Crippen LogP contribution >= 0.6 is 0 Å². The minimum Gasteiger partial charge on any atom is -0.316 e. The normalized spacial score (nSPS) is 72.0. The Labute approximate surface area is 43.1 Å². The Balaban J connectivity index is 2.07. The molecular formula is C6H9N. The van der Waals surface area contributed by atoms with Crippen LogP contribution in [0.15, 0.2) is 0 Å². The topological polar surface area (TPSA) is 12.0 Å². The standard InChI is InChI=1S/C6H9N/c1-4-5-2-7-3-6(1,4)5/h4-5,7H,1-3H2. The third-order valence-electron chi connectivity index (χ3n) is 3.11. The first kappa shape index (κ1) is 3.08. The second kappa shape index (κ2) is 0.576. The maximum Gasteiger partial charge on any atom is 0.00141 e. The lowest BCUT2D eigenvalue weighted by molar-refractivity contribution is 0.600. The molecule has 0 amide bonds. The fourth-order valence-electron chi connectivity index (χ4n) is 2.29. The van der Waals surface area contributed by atoms with Crippen LogP contribution in [-0.2, 0) is 0 Å². The number of fused-ring (bicyclic) bond motifs is 1. The third-order valence-corrected chi connectivity index (χ3v) is 3.11. The molecule has 3 unspecified atom stereocenters. The van der Waals surface area contributed by atoms with Crippen LogP contribution in [-0.4, -0.2) is 13.1 Å². The van der Waals surface area contributed by atoms with Crippen molar-refractivity contribution in [2.75, 3.05) is 13.1 Å². The van der Waals surface area contributed by atoms with Gasteiger partial charge in [0.15, 0.2) is 0 Å². The van der Waals surface area contributed by atoms with Gasteiger partial charge >= 0.3 is 0 Å². The van der Waals surface area contributed by atoms with Crippen LogP contribution in [0.4, 0.5) is 0 Å². The van der Waals surface area contributed by atoms with Gasteiger partial charge in [-0.25, -0.2) is 0 Å².